The summed E-state index contributed by atoms with van der Waals surface area (Å²) >= 11 is 1.66. The summed E-state index contributed by atoms with van der Waals surface area (Å²) in [6, 6.07) is 0. The maximum absolute atomic E-state index is 12.3. The van der Waals surface area contributed by atoms with Crippen LogP contribution in [-0.2, 0) is 16.0 Å². The molecular formula is C22H30N4O4S. The van der Waals surface area contributed by atoms with E-state index in [1.165, 1.54) is 11.2 Å². The van der Waals surface area contributed by atoms with Crippen molar-refractivity contribution in [2.45, 2.75) is 64.4 Å². The Balaban J connectivity index is 1.40. The third-order valence-electron chi connectivity index (χ3n) is 5.87. The van der Waals surface area contributed by atoms with Crippen LogP contribution < -0.4 is 10.5 Å². The molecule has 168 valence electrons. The van der Waals surface area contributed by atoms with Gasteiger partial charge in [0.25, 0.3) is 0 Å². The molecule has 0 spiro atoms. The number of carbonyl (C=O) groups is 2. The quantitative estimate of drug-likeness (QED) is 0.752. The van der Waals surface area contributed by atoms with Gasteiger partial charge in [-0.3, -0.25) is 4.79 Å². The molecule has 0 bridgehead atoms. The second-order valence-corrected chi connectivity index (χ2v) is 10.5. The fourth-order valence-corrected chi connectivity index (χ4v) is 5.63. The predicted octanol–water partition coefficient (Wildman–Crippen LogP) is 3.62. The number of hydrogen-bond donors (Lipinski definition) is 1. The minimum Gasteiger partial charge on any atom is -0.477 e. The molecule has 9 heteroatoms. The first-order chi connectivity index (χ1) is 14.7. The van der Waals surface area contributed by atoms with E-state index in [4.69, 9.17) is 15.2 Å². The van der Waals surface area contributed by atoms with Crippen molar-refractivity contribution < 1.29 is 19.1 Å². The van der Waals surface area contributed by atoms with E-state index in [-0.39, 0.29) is 17.9 Å². The van der Waals surface area contributed by atoms with E-state index in [9.17, 15) is 9.59 Å². The van der Waals surface area contributed by atoms with Crippen molar-refractivity contribution >= 4 is 33.6 Å². The summed E-state index contributed by atoms with van der Waals surface area (Å²) in [6.45, 7) is 7.50. The zero-order chi connectivity index (χ0) is 22.2. The maximum Gasteiger partial charge on any atom is 0.410 e. The number of nitrogens with zero attached hydrogens (tertiary/aromatic N) is 3. The SMILES string of the molecule is CC(C)(C)OC(=O)N1CCC(COc2ncnc3sc4c(c23)[C@@H](CC(N)=O)CC4)CC1. The zero-order valence-corrected chi connectivity index (χ0v) is 19.2. The normalized spacial score (nSPS) is 19.5. The highest BCUT2D eigenvalue weighted by atomic mass is 32.1. The lowest BCUT2D eigenvalue weighted by molar-refractivity contribution is -0.118. The van der Waals surface area contributed by atoms with Gasteiger partial charge in [0, 0.05) is 24.4 Å². The van der Waals surface area contributed by atoms with Crippen molar-refractivity contribution in [2.24, 2.45) is 11.7 Å². The number of hydrogen-bond acceptors (Lipinski definition) is 7. The number of amides is 2. The molecule has 31 heavy (non-hydrogen) atoms. The molecule has 3 heterocycles. The largest absolute Gasteiger partial charge is 0.477 e. The Bertz CT molecular complexity index is 976. The van der Waals surface area contributed by atoms with Crippen LogP contribution in [0.5, 0.6) is 5.88 Å². The van der Waals surface area contributed by atoms with Gasteiger partial charge in [-0.05, 0) is 63.9 Å². The molecule has 1 aliphatic carbocycles. The number of piperidine rings is 1. The van der Waals surface area contributed by atoms with Gasteiger partial charge in [-0.2, -0.15) is 0 Å². The summed E-state index contributed by atoms with van der Waals surface area (Å²) in [5.41, 5.74) is 6.13. The number of carbonyl (C=O) groups excluding carboxylic acids is 2. The van der Waals surface area contributed by atoms with Crippen LogP contribution in [0.25, 0.3) is 10.2 Å². The molecule has 2 aromatic heterocycles. The lowest BCUT2D eigenvalue weighted by Crippen LogP contribution is -2.42. The average Bonchev–Trinajstić information content (AvgIpc) is 3.25. The van der Waals surface area contributed by atoms with E-state index in [0.29, 0.717) is 37.9 Å². The summed E-state index contributed by atoms with van der Waals surface area (Å²) in [5.74, 6) is 0.769. The zero-order valence-electron chi connectivity index (χ0n) is 18.3. The standard InChI is InChI=1S/C22H30N4O4S/c1-22(2,3)30-21(28)26-8-6-13(7-9-26)11-29-19-18-17-14(10-16(23)27)4-5-15(17)31-20(18)25-12-24-19/h12-14H,4-11H2,1-3H3,(H2,23,27)/t14-/m1/s1. The fourth-order valence-electron chi connectivity index (χ4n) is 4.40. The third-order valence-corrected chi connectivity index (χ3v) is 7.04. The molecule has 2 amide bonds. The van der Waals surface area contributed by atoms with Crippen LogP contribution in [0.2, 0.25) is 0 Å². The van der Waals surface area contributed by atoms with E-state index >= 15 is 0 Å². The molecule has 1 atom stereocenters. The predicted molar refractivity (Wildman–Crippen MR) is 118 cm³/mol. The molecule has 8 nitrogen and oxygen atoms in total. The van der Waals surface area contributed by atoms with E-state index < -0.39 is 5.60 Å². The molecule has 2 aliphatic rings. The van der Waals surface area contributed by atoms with Gasteiger partial charge in [0.15, 0.2) is 0 Å². The number of aromatic nitrogens is 2. The van der Waals surface area contributed by atoms with Gasteiger partial charge in [0.05, 0.1) is 12.0 Å². The molecule has 0 radical (unpaired) electrons. The molecule has 0 aromatic carbocycles. The highest BCUT2D eigenvalue weighted by Crippen LogP contribution is 2.47. The number of rotatable bonds is 5. The van der Waals surface area contributed by atoms with Crippen LogP contribution in [0.15, 0.2) is 6.33 Å². The third kappa shape index (κ3) is 4.92. The Morgan fingerprint density at radius 2 is 1.97 bits per heavy atom. The lowest BCUT2D eigenvalue weighted by Gasteiger charge is -2.33. The smallest absolute Gasteiger partial charge is 0.410 e. The van der Waals surface area contributed by atoms with Crippen LogP contribution >= 0.6 is 11.3 Å². The Kier molecular flexibility index (Phi) is 6.05. The molecule has 1 aliphatic heterocycles. The van der Waals surface area contributed by atoms with Crippen molar-refractivity contribution in [3.8, 4) is 5.88 Å². The Hall–Kier alpha value is -2.42. The van der Waals surface area contributed by atoms with E-state index in [1.54, 1.807) is 16.2 Å². The van der Waals surface area contributed by atoms with Crippen molar-refractivity contribution in [3.63, 3.8) is 0 Å². The summed E-state index contributed by atoms with van der Waals surface area (Å²) in [6.07, 6.45) is 5.22. The minimum absolute atomic E-state index is 0.117. The van der Waals surface area contributed by atoms with Crippen LogP contribution in [0.1, 0.15) is 62.8 Å². The van der Waals surface area contributed by atoms with E-state index in [2.05, 4.69) is 9.97 Å². The van der Waals surface area contributed by atoms with Gasteiger partial charge in [0.2, 0.25) is 11.8 Å². The monoisotopic (exact) mass is 446 g/mol. The minimum atomic E-state index is -0.484. The van der Waals surface area contributed by atoms with Crippen molar-refractivity contribution in [2.75, 3.05) is 19.7 Å². The lowest BCUT2D eigenvalue weighted by atomic mass is 9.97. The number of thiophene rings is 1. The van der Waals surface area contributed by atoms with Gasteiger partial charge in [-0.1, -0.05) is 0 Å². The molecule has 1 fully saturated rings. The number of aryl methyl sites for hydroxylation is 1. The summed E-state index contributed by atoms with van der Waals surface area (Å²) in [4.78, 5) is 36.5. The van der Waals surface area contributed by atoms with Crippen LogP contribution in [0.3, 0.4) is 0 Å². The number of fused-ring (bicyclic) bond motifs is 3. The van der Waals surface area contributed by atoms with E-state index in [0.717, 1.165) is 41.5 Å². The van der Waals surface area contributed by atoms with Crippen molar-refractivity contribution in [1.82, 2.24) is 14.9 Å². The highest BCUT2D eigenvalue weighted by Gasteiger charge is 2.32. The molecule has 4 rings (SSSR count). The van der Waals surface area contributed by atoms with Gasteiger partial charge in [-0.15, -0.1) is 11.3 Å². The first-order valence-electron chi connectivity index (χ1n) is 10.9. The summed E-state index contributed by atoms with van der Waals surface area (Å²) in [5, 5.41) is 0.942. The second kappa shape index (κ2) is 8.61. The van der Waals surface area contributed by atoms with Gasteiger partial charge >= 0.3 is 6.09 Å². The number of nitrogens with two attached hydrogens (primary N) is 1. The Morgan fingerprint density at radius 1 is 1.23 bits per heavy atom. The Morgan fingerprint density at radius 3 is 2.65 bits per heavy atom. The second-order valence-electron chi connectivity index (χ2n) is 9.43. The van der Waals surface area contributed by atoms with Gasteiger partial charge in [0.1, 0.15) is 16.8 Å². The summed E-state index contributed by atoms with van der Waals surface area (Å²) < 4.78 is 11.6. The molecule has 2 aromatic rings. The van der Waals surface area contributed by atoms with Crippen LogP contribution in [-0.4, -0.2) is 52.2 Å². The van der Waals surface area contributed by atoms with Crippen molar-refractivity contribution in [1.29, 1.82) is 0 Å². The highest BCUT2D eigenvalue weighted by molar-refractivity contribution is 7.19. The van der Waals surface area contributed by atoms with E-state index in [1.807, 2.05) is 20.8 Å². The first kappa shape index (κ1) is 21.8. The number of ether oxygens (including phenoxy) is 2. The molecule has 2 N–H and O–H groups in total. The first-order valence-corrected chi connectivity index (χ1v) is 11.7. The topological polar surface area (TPSA) is 108 Å². The average molecular weight is 447 g/mol. The van der Waals surface area contributed by atoms with Crippen LogP contribution in [0.4, 0.5) is 4.79 Å². The molecule has 0 saturated carbocycles. The van der Waals surface area contributed by atoms with Gasteiger partial charge < -0.3 is 20.1 Å². The molecule has 1 saturated heterocycles. The molecule has 0 unspecified atom stereocenters. The Labute approximate surface area is 186 Å². The number of likely N-dealkylation sites (tertiary alicyclic amines) is 1. The maximum atomic E-state index is 12.3. The number of primary amides is 1. The van der Waals surface area contributed by atoms with Crippen molar-refractivity contribution in [3.05, 3.63) is 16.8 Å². The van der Waals surface area contributed by atoms with Crippen LogP contribution in [0, 0.1) is 5.92 Å². The summed E-state index contributed by atoms with van der Waals surface area (Å²) in [7, 11) is 0. The molecular weight excluding hydrogens is 416 g/mol. The van der Waals surface area contributed by atoms with Gasteiger partial charge in [-0.25, -0.2) is 14.8 Å². The fraction of sp³-hybridized carbons (Fsp3) is 0.636.